The summed E-state index contributed by atoms with van der Waals surface area (Å²) in [5, 5.41) is 3.74. The van der Waals surface area contributed by atoms with Gasteiger partial charge in [-0.1, -0.05) is 89.9 Å². The van der Waals surface area contributed by atoms with Gasteiger partial charge in [0.1, 0.15) is 0 Å². The lowest BCUT2D eigenvalue weighted by atomic mass is 9.96. The molecule has 4 nitrogen and oxygen atoms in total. The molecule has 0 aliphatic carbocycles. The van der Waals surface area contributed by atoms with Crippen molar-refractivity contribution in [2.24, 2.45) is 0 Å². The van der Waals surface area contributed by atoms with Gasteiger partial charge in [0.15, 0.2) is 0 Å². The maximum atomic E-state index is 12.6. The Morgan fingerprint density at radius 3 is 1.81 bits per heavy atom. The van der Waals surface area contributed by atoms with Crippen LogP contribution in [0.3, 0.4) is 0 Å². The fourth-order valence-electron chi connectivity index (χ4n) is 4.06. The zero-order valence-corrected chi connectivity index (χ0v) is 18.7. The van der Waals surface area contributed by atoms with Gasteiger partial charge in [0.05, 0.1) is 28.3 Å². The largest absolute Gasteiger partial charge is 0.322 e. The zero-order valence-electron chi connectivity index (χ0n) is 17.2. The molecule has 1 N–H and O–H groups in total. The van der Waals surface area contributed by atoms with E-state index in [0.29, 0.717) is 22.3 Å². The van der Waals surface area contributed by atoms with Crippen molar-refractivity contribution in [3.05, 3.63) is 100 Å². The van der Waals surface area contributed by atoms with E-state index in [2.05, 4.69) is 63.6 Å². The van der Waals surface area contributed by atoms with Crippen LogP contribution in [0, 0.1) is 0 Å². The average Bonchev–Trinajstić information content (AvgIpc) is 2.79. The summed E-state index contributed by atoms with van der Waals surface area (Å²) in [5.41, 5.74) is 3.05. The van der Waals surface area contributed by atoms with Crippen LogP contribution in [0.25, 0.3) is 0 Å². The first kappa shape index (κ1) is 21.8. The molecule has 0 saturated carbocycles. The van der Waals surface area contributed by atoms with Gasteiger partial charge in [-0.15, -0.1) is 0 Å². The van der Waals surface area contributed by atoms with E-state index >= 15 is 0 Å². The summed E-state index contributed by atoms with van der Waals surface area (Å²) in [6, 6.07) is 26.6. The number of amides is 1. The third kappa shape index (κ3) is 5.46. The molecule has 0 aromatic heterocycles. The van der Waals surface area contributed by atoms with Crippen molar-refractivity contribution in [2.75, 3.05) is 38.0 Å². The standard InChI is InChI=1S/C25H25Cl2N3O/c26-21-12-7-13-22(27)24(21)28-23(31)18-29-14-16-30(17-15-29)25(19-8-3-1-4-9-19)20-10-5-2-6-11-20/h1-13,25H,14-18H2,(H,28,31). The molecule has 0 radical (unpaired) electrons. The zero-order chi connectivity index (χ0) is 21.6. The van der Waals surface area contributed by atoms with Crippen LogP contribution in [0.2, 0.25) is 10.0 Å². The highest BCUT2D eigenvalue weighted by molar-refractivity contribution is 6.39. The van der Waals surface area contributed by atoms with Crippen molar-refractivity contribution in [1.29, 1.82) is 0 Å². The smallest absolute Gasteiger partial charge is 0.238 e. The maximum absolute atomic E-state index is 12.6. The van der Waals surface area contributed by atoms with E-state index in [-0.39, 0.29) is 11.9 Å². The number of piperazine rings is 1. The third-order valence-electron chi connectivity index (χ3n) is 5.60. The van der Waals surface area contributed by atoms with Crippen LogP contribution in [0.5, 0.6) is 0 Å². The fraction of sp³-hybridized carbons (Fsp3) is 0.240. The monoisotopic (exact) mass is 453 g/mol. The second kappa shape index (κ2) is 10.3. The van der Waals surface area contributed by atoms with E-state index in [9.17, 15) is 4.79 Å². The van der Waals surface area contributed by atoms with Gasteiger partial charge in [-0.2, -0.15) is 0 Å². The molecule has 3 aromatic carbocycles. The summed E-state index contributed by atoms with van der Waals surface area (Å²) in [5.74, 6) is -0.105. The Morgan fingerprint density at radius 2 is 1.29 bits per heavy atom. The predicted octanol–water partition coefficient (Wildman–Crippen LogP) is 5.34. The second-order valence-electron chi connectivity index (χ2n) is 7.68. The van der Waals surface area contributed by atoms with E-state index in [0.717, 1.165) is 26.2 Å². The number of nitrogens with zero attached hydrogens (tertiary/aromatic N) is 2. The highest BCUT2D eigenvalue weighted by atomic mass is 35.5. The highest BCUT2D eigenvalue weighted by Gasteiger charge is 2.27. The molecule has 0 bridgehead atoms. The Kier molecular flexibility index (Phi) is 7.25. The van der Waals surface area contributed by atoms with Gasteiger partial charge in [0.25, 0.3) is 0 Å². The number of para-hydroxylation sites is 1. The van der Waals surface area contributed by atoms with E-state index in [1.54, 1.807) is 18.2 Å². The van der Waals surface area contributed by atoms with Crippen molar-refractivity contribution >= 4 is 34.8 Å². The molecule has 1 fully saturated rings. The number of carbonyl (C=O) groups excluding carboxylic acids is 1. The van der Waals surface area contributed by atoms with E-state index in [4.69, 9.17) is 23.2 Å². The summed E-state index contributed by atoms with van der Waals surface area (Å²) < 4.78 is 0. The molecule has 1 amide bonds. The topological polar surface area (TPSA) is 35.6 Å². The van der Waals surface area contributed by atoms with Crippen molar-refractivity contribution in [3.63, 3.8) is 0 Å². The molecular formula is C25H25Cl2N3O. The van der Waals surface area contributed by atoms with Gasteiger partial charge in [-0.3, -0.25) is 14.6 Å². The molecule has 0 atom stereocenters. The lowest BCUT2D eigenvalue weighted by Gasteiger charge is -2.39. The fourth-order valence-corrected chi connectivity index (χ4v) is 4.56. The highest BCUT2D eigenvalue weighted by Crippen LogP contribution is 2.31. The Morgan fingerprint density at radius 1 is 0.774 bits per heavy atom. The minimum atomic E-state index is -0.105. The quantitative estimate of drug-likeness (QED) is 0.546. The van der Waals surface area contributed by atoms with Gasteiger partial charge in [-0.25, -0.2) is 0 Å². The summed E-state index contributed by atoms with van der Waals surface area (Å²) in [6.45, 7) is 3.72. The molecule has 1 saturated heterocycles. The minimum absolute atomic E-state index is 0.105. The normalized spacial score (nSPS) is 15.2. The van der Waals surface area contributed by atoms with Gasteiger partial charge in [0.2, 0.25) is 5.91 Å². The summed E-state index contributed by atoms with van der Waals surface area (Å²) >= 11 is 12.3. The number of rotatable bonds is 6. The molecular weight excluding hydrogens is 429 g/mol. The number of nitrogens with one attached hydrogen (secondary N) is 1. The van der Waals surface area contributed by atoms with Crippen LogP contribution in [-0.2, 0) is 4.79 Å². The van der Waals surface area contributed by atoms with E-state index < -0.39 is 0 Å². The summed E-state index contributed by atoms with van der Waals surface area (Å²) in [4.78, 5) is 17.2. The number of hydrogen-bond acceptors (Lipinski definition) is 3. The molecule has 1 heterocycles. The SMILES string of the molecule is O=C(CN1CCN(C(c2ccccc2)c2ccccc2)CC1)Nc1c(Cl)cccc1Cl. The summed E-state index contributed by atoms with van der Waals surface area (Å²) in [6.07, 6.45) is 0. The van der Waals surface area contributed by atoms with E-state index in [1.807, 2.05) is 12.1 Å². The predicted molar refractivity (Wildman–Crippen MR) is 128 cm³/mol. The number of anilines is 1. The Hall–Kier alpha value is -2.37. The molecule has 1 aliphatic rings. The Bertz CT molecular complexity index is 946. The maximum Gasteiger partial charge on any atom is 0.238 e. The minimum Gasteiger partial charge on any atom is -0.322 e. The van der Waals surface area contributed by atoms with Crippen molar-refractivity contribution in [3.8, 4) is 0 Å². The first-order valence-electron chi connectivity index (χ1n) is 10.4. The second-order valence-corrected chi connectivity index (χ2v) is 8.50. The molecule has 0 spiro atoms. The van der Waals surface area contributed by atoms with Crippen molar-refractivity contribution in [1.82, 2.24) is 9.80 Å². The molecule has 31 heavy (non-hydrogen) atoms. The van der Waals surface area contributed by atoms with Crippen LogP contribution in [0.4, 0.5) is 5.69 Å². The number of benzene rings is 3. The number of hydrogen-bond donors (Lipinski definition) is 1. The lowest BCUT2D eigenvalue weighted by molar-refractivity contribution is -0.117. The first-order chi connectivity index (χ1) is 15.1. The van der Waals surface area contributed by atoms with Crippen LogP contribution in [0.15, 0.2) is 78.9 Å². The van der Waals surface area contributed by atoms with Gasteiger partial charge >= 0.3 is 0 Å². The van der Waals surface area contributed by atoms with Gasteiger partial charge in [0, 0.05) is 26.2 Å². The van der Waals surface area contributed by atoms with Crippen molar-refractivity contribution in [2.45, 2.75) is 6.04 Å². The lowest BCUT2D eigenvalue weighted by Crippen LogP contribution is -2.49. The van der Waals surface area contributed by atoms with Gasteiger partial charge < -0.3 is 5.32 Å². The van der Waals surface area contributed by atoms with E-state index in [1.165, 1.54) is 11.1 Å². The molecule has 160 valence electrons. The third-order valence-corrected chi connectivity index (χ3v) is 6.23. The van der Waals surface area contributed by atoms with Crippen LogP contribution < -0.4 is 5.32 Å². The molecule has 6 heteroatoms. The van der Waals surface area contributed by atoms with Crippen LogP contribution >= 0.6 is 23.2 Å². The molecule has 1 aliphatic heterocycles. The van der Waals surface area contributed by atoms with Crippen LogP contribution in [-0.4, -0.2) is 48.4 Å². The number of carbonyl (C=O) groups is 1. The molecule has 0 unspecified atom stereocenters. The summed E-state index contributed by atoms with van der Waals surface area (Å²) in [7, 11) is 0. The Labute approximate surface area is 193 Å². The van der Waals surface area contributed by atoms with Crippen molar-refractivity contribution < 1.29 is 4.79 Å². The average molecular weight is 454 g/mol. The molecule has 4 rings (SSSR count). The van der Waals surface area contributed by atoms with Crippen LogP contribution in [0.1, 0.15) is 17.2 Å². The number of halogens is 2. The van der Waals surface area contributed by atoms with Gasteiger partial charge in [-0.05, 0) is 23.3 Å². The Balaban J connectivity index is 1.39. The molecule has 3 aromatic rings. The first-order valence-corrected chi connectivity index (χ1v) is 11.2.